The zero-order valence-corrected chi connectivity index (χ0v) is 6.41. The van der Waals surface area contributed by atoms with Gasteiger partial charge in [-0.1, -0.05) is 0 Å². The summed E-state index contributed by atoms with van der Waals surface area (Å²) >= 11 is 0. The summed E-state index contributed by atoms with van der Waals surface area (Å²) in [6.45, 7) is 1.07. The number of rotatable bonds is 1. The zero-order valence-electron chi connectivity index (χ0n) is 6.41. The maximum Gasteiger partial charge on any atom is 0.153 e. The summed E-state index contributed by atoms with van der Waals surface area (Å²) in [5, 5.41) is 9.29. The van der Waals surface area contributed by atoms with E-state index in [2.05, 4.69) is 0 Å². The van der Waals surface area contributed by atoms with Gasteiger partial charge in [-0.3, -0.25) is 4.79 Å². The molecule has 62 valence electrons. The van der Waals surface area contributed by atoms with E-state index in [1.165, 1.54) is 0 Å². The molecule has 0 radical (unpaired) electrons. The molecule has 0 atom stereocenters. The van der Waals surface area contributed by atoms with Gasteiger partial charge in [0.05, 0.1) is 18.8 Å². The molecule has 0 unspecified atom stereocenters. The van der Waals surface area contributed by atoms with Crippen LogP contribution in [0.1, 0.15) is 21.5 Å². The molecule has 0 amide bonds. The number of hydrogen-bond donors (Lipinski definition) is 1. The van der Waals surface area contributed by atoms with Crippen molar-refractivity contribution in [2.45, 2.75) is 13.2 Å². The van der Waals surface area contributed by atoms with E-state index in [4.69, 9.17) is 4.74 Å². The third-order valence-electron chi connectivity index (χ3n) is 1.99. The number of carbonyl (C=O) groups is 1. The Bertz CT molecular complexity index is 331. The molecule has 1 N–H and O–H groups in total. The van der Waals surface area contributed by atoms with E-state index in [9.17, 15) is 9.90 Å². The van der Waals surface area contributed by atoms with Crippen LogP contribution < -0.4 is 0 Å². The Morgan fingerprint density at radius 3 is 2.67 bits per heavy atom. The van der Waals surface area contributed by atoms with Gasteiger partial charge in [-0.15, -0.1) is 0 Å². The second-order valence-electron chi connectivity index (χ2n) is 2.79. The summed E-state index contributed by atoms with van der Waals surface area (Å²) in [7, 11) is 0. The number of aromatic hydroxyl groups is 1. The van der Waals surface area contributed by atoms with E-state index >= 15 is 0 Å². The van der Waals surface area contributed by atoms with Gasteiger partial charge < -0.3 is 9.84 Å². The standard InChI is InChI=1S/C9H8O3/c10-3-6-1-7-4-12-5-8(7)2-9(6)11/h1-3,11H,4-5H2. The van der Waals surface area contributed by atoms with E-state index in [-0.39, 0.29) is 5.75 Å². The van der Waals surface area contributed by atoms with Gasteiger partial charge in [0.15, 0.2) is 6.29 Å². The number of carbonyl (C=O) groups excluding carboxylic acids is 1. The van der Waals surface area contributed by atoms with E-state index < -0.39 is 0 Å². The number of phenols is 1. The van der Waals surface area contributed by atoms with Crippen LogP contribution in [0, 0.1) is 0 Å². The molecule has 0 spiro atoms. The van der Waals surface area contributed by atoms with Crippen LogP contribution in [0.15, 0.2) is 12.1 Å². The molecule has 3 nitrogen and oxygen atoms in total. The monoisotopic (exact) mass is 164 g/mol. The molecule has 3 heteroatoms. The highest BCUT2D eigenvalue weighted by molar-refractivity contribution is 5.79. The Balaban J connectivity index is 2.56. The van der Waals surface area contributed by atoms with Crippen LogP contribution in [0.5, 0.6) is 5.75 Å². The molecule has 0 aromatic heterocycles. The van der Waals surface area contributed by atoms with Crippen molar-refractivity contribution in [2.24, 2.45) is 0 Å². The molecule has 0 bridgehead atoms. The first kappa shape index (κ1) is 7.31. The van der Waals surface area contributed by atoms with Crippen molar-refractivity contribution in [2.75, 3.05) is 0 Å². The van der Waals surface area contributed by atoms with Gasteiger partial charge in [0.2, 0.25) is 0 Å². The third-order valence-corrected chi connectivity index (χ3v) is 1.99. The van der Waals surface area contributed by atoms with Crippen LogP contribution in [-0.2, 0) is 18.0 Å². The van der Waals surface area contributed by atoms with Crippen LogP contribution in [-0.4, -0.2) is 11.4 Å². The lowest BCUT2D eigenvalue weighted by Crippen LogP contribution is -1.87. The second-order valence-corrected chi connectivity index (χ2v) is 2.79. The SMILES string of the molecule is O=Cc1cc2c(cc1O)COC2. The molecule has 0 saturated heterocycles. The van der Waals surface area contributed by atoms with Crippen molar-refractivity contribution >= 4 is 6.29 Å². The highest BCUT2D eigenvalue weighted by Crippen LogP contribution is 2.26. The Morgan fingerprint density at radius 1 is 1.33 bits per heavy atom. The first-order valence-electron chi connectivity index (χ1n) is 3.69. The van der Waals surface area contributed by atoms with Crippen molar-refractivity contribution in [3.05, 3.63) is 28.8 Å². The first-order valence-corrected chi connectivity index (χ1v) is 3.69. The fourth-order valence-corrected chi connectivity index (χ4v) is 1.33. The van der Waals surface area contributed by atoms with E-state index in [1.807, 2.05) is 0 Å². The van der Waals surface area contributed by atoms with E-state index in [1.54, 1.807) is 12.1 Å². The summed E-state index contributed by atoms with van der Waals surface area (Å²) in [5.74, 6) is 0.0363. The molecular weight excluding hydrogens is 156 g/mol. The number of phenolic OH excluding ortho intramolecular Hbond substituents is 1. The minimum atomic E-state index is 0.0363. The molecule has 1 aliphatic heterocycles. The summed E-state index contributed by atoms with van der Waals surface area (Å²) in [6.07, 6.45) is 0.647. The van der Waals surface area contributed by atoms with Gasteiger partial charge in [-0.2, -0.15) is 0 Å². The third kappa shape index (κ3) is 0.987. The molecule has 1 aromatic carbocycles. The smallest absolute Gasteiger partial charge is 0.153 e. The van der Waals surface area contributed by atoms with Crippen LogP contribution >= 0.6 is 0 Å². The predicted octanol–water partition coefficient (Wildman–Crippen LogP) is 1.23. The predicted molar refractivity (Wildman–Crippen MR) is 42.0 cm³/mol. The summed E-state index contributed by atoms with van der Waals surface area (Å²) in [5.41, 5.74) is 2.30. The number of hydrogen-bond acceptors (Lipinski definition) is 3. The van der Waals surface area contributed by atoms with Gasteiger partial charge in [-0.05, 0) is 23.3 Å². The van der Waals surface area contributed by atoms with Gasteiger partial charge in [0, 0.05) is 0 Å². The average Bonchev–Trinajstić information content (AvgIpc) is 2.49. The number of benzene rings is 1. The quantitative estimate of drug-likeness (QED) is 0.635. The fourth-order valence-electron chi connectivity index (χ4n) is 1.33. The van der Waals surface area contributed by atoms with Gasteiger partial charge in [0.1, 0.15) is 5.75 Å². The second kappa shape index (κ2) is 2.60. The zero-order chi connectivity index (χ0) is 8.55. The molecular formula is C9H8O3. The van der Waals surface area contributed by atoms with Gasteiger partial charge in [0.25, 0.3) is 0 Å². The Kier molecular flexibility index (Phi) is 1.59. The van der Waals surface area contributed by atoms with Crippen molar-refractivity contribution in [1.82, 2.24) is 0 Å². The molecule has 1 aliphatic rings. The summed E-state index contributed by atoms with van der Waals surface area (Å²) < 4.78 is 5.14. The average molecular weight is 164 g/mol. The largest absolute Gasteiger partial charge is 0.507 e. The van der Waals surface area contributed by atoms with E-state index in [0.29, 0.717) is 25.1 Å². The lowest BCUT2D eigenvalue weighted by atomic mass is 10.1. The topological polar surface area (TPSA) is 46.5 Å². The molecule has 0 aliphatic carbocycles. The maximum atomic E-state index is 10.4. The summed E-state index contributed by atoms with van der Waals surface area (Å²) in [4.78, 5) is 10.4. The van der Waals surface area contributed by atoms with Crippen LogP contribution in [0.2, 0.25) is 0 Å². The molecule has 2 rings (SSSR count). The molecule has 0 fully saturated rings. The highest BCUT2D eigenvalue weighted by Gasteiger charge is 2.13. The van der Waals surface area contributed by atoms with Gasteiger partial charge in [-0.25, -0.2) is 0 Å². The van der Waals surface area contributed by atoms with Crippen molar-refractivity contribution in [3.63, 3.8) is 0 Å². The van der Waals surface area contributed by atoms with Crippen molar-refractivity contribution in [3.8, 4) is 5.75 Å². The first-order chi connectivity index (χ1) is 5.81. The summed E-state index contributed by atoms with van der Waals surface area (Å²) in [6, 6.07) is 3.26. The molecule has 1 aromatic rings. The minimum absolute atomic E-state index is 0.0363. The minimum Gasteiger partial charge on any atom is -0.507 e. The fraction of sp³-hybridized carbons (Fsp3) is 0.222. The van der Waals surface area contributed by atoms with Crippen LogP contribution in [0.4, 0.5) is 0 Å². The molecule has 12 heavy (non-hydrogen) atoms. The number of fused-ring (bicyclic) bond motifs is 1. The van der Waals surface area contributed by atoms with Crippen molar-refractivity contribution < 1.29 is 14.6 Å². The normalized spacial score (nSPS) is 14.3. The Hall–Kier alpha value is -1.35. The van der Waals surface area contributed by atoms with Crippen molar-refractivity contribution in [1.29, 1.82) is 0 Å². The number of aldehydes is 1. The Labute approximate surface area is 69.6 Å². The molecule has 1 heterocycles. The highest BCUT2D eigenvalue weighted by atomic mass is 16.5. The lowest BCUT2D eigenvalue weighted by molar-refractivity contribution is 0.112. The number of ether oxygens (including phenoxy) is 1. The van der Waals surface area contributed by atoms with Crippen LogP contribution in [0.3, 0.4) is 0 Å². The van der Waals surface area contributed by atoms with Crippen LogP contribution in [0.25, 0.3) is 0 Å². The van der Waals surface area contributed by atoms with Gasteiger partial charge >= 0.3 is 0 Å². The Morgan fingerprint density at radius 2 is 2.00 bits per heavy atom. The lowest BCUT2D eigenvalue weighted by Gasteiger charge is -2.00. The maximum absolute atomic E-state index is 10.4. The van der Waals surface area contributed by atoms with E-state index in [0.717, 1.165) is 11.1 Å². The molecule has 0 saturated carbocycles.